The van der Waals surface area contributed by atoms with Gasteiger partial charge in [-0.25, -0.2) is 0 Å². The van der Waals surface area contributed by atoms with Gasteiger partial charge in [0.15, 0.2) is 0 Å². The van der Waals surface area contributed by atoms with Crippen molar-refractivity contribution in [2.45, 2.75) is 0 Å². The van der Waals surface area contributed by atoms with E-state index in [0.717, 1.165) is 16.9 Å². The Balaban J connectivity index is 0.00000420. The normalized spacial score (nSPS) is 12.8. The third-order valence-electron chi connectivity index (χ3n) is 3.54. The van der Waals surface area contributed by atoms with Crippen molar-refractivity contribution in [3.05, 3.63) is 65.7 Å². The van der Waals surface area contributed by atoms with Gasteiger partial charge in [-0.15, -0.1) is 10.2 Å². The summed E-state index contributed by atoms with van der Waals surface area (Å²) >= 11 is 10.2. The Morgan fingerprint density at radius 3 is 1.59 bits per heavy atom. The summed E-state index contributed by atoms with van der Waals surface area (Å²) in [5.74, 6) is 0.727. The molecule has 0 aliphatic heterocycles. The minimum absolute atomic E-state index is 0. The molecule has 2 aromatic rings. The molecule has 0 aromatic heterocycles. The number of nitrogens with one attached hydrogen (secondary N) is 2. The van der Waals surface area contributed by atoms with Crippen LogP contribution in [-0.4, -0.2) is 43.0 Å². The van der Waals surface area contributed by atoms with Gasteiger partial charge in [0.2, 0.25) is 0 Å². The topological polar surface area (TPSA) is 82.7 Å². The van der Waals surface area contributed by atoms with Crippen LogP contribution in [-0.2, 0) is 42.3 Å². The molecule has 2 rings (SSSR count). The van der Waals surface area contributed by atoms with Crippen LogP contribution in [0.4, 0.5) is 0 Å². The molecule has 0 bridgehead atoms. The van der Waals surface area contributed by atoms with Crippen LogP contribution < -0.4 is 15.4 Å². The van der Waals surface area contributed by atoms with Crippen LogP contribution in [0.3, 0.4) is 0 Å². The maximum Gasteiger partial charge on any atom is 2.00 e. The van der Waals surface area contributed by atoms with E-state index >= 15 is 0 Å². The van der Waals surface area contributed by atoms with E-state index in [2.05, 4.69) is 31.0 Å². The summed E-state index contributed by atoms with van der Waals surface area (Å²) < 4.78 is 5.23. The van der Waals surface area contributed by atoms with Gasteiger partial charge in [0.05, 0.1) is 7.11 Å². The number of ether oxygens (including phenoxy) is 1. The third kappa shape index (κ3) is 7.43. The first-order valence-corrected chi connectivity index (χ1v) is 9.11. The zero-order valence-corrected chi connectivity index (χ0v) is 18.6. The number of methoxy groups -OCH3 is 1. The molecule has 0 saturated carbocycles. The second-order valence-corrected chi connectivity index (χ2v) is 6.08. The van der Waals surface area contributed by atoms with E-state index in [0.29, 0.717) is 11.4 Å². The average Bonchev–Trinajstić information content (AvgIpc) is 2.76. The van der Waals surface area contributed by atoms with E-state index in [1.165, 1.54) is 0 Å². The van der Waals surface area contributed by atoms with E-state index < -0.39 is 0 Å². The van der Waals surface area contributed by atoms with Crippen LogP contribution in [0.2, 0.25) is 0 Å². The minimum Gasteiger partial charge on any atom is -0.741 e. The van der Waals surface area contributed by atoms with Crippen LogP contribution >= 0.6 is 0 Å². The van der Waals surface area contributed by atoms with Crippen molar-refractivity contribution in [1.82, 2.24) is 10.6 Å². The Morgan fingerprint density at radius 1 is 0.724 bits per heavy atom. The molecule has 0 heterocycles. The molecule has 29 heavy (non-hydrogen) atoms. The van der Waals surface area contributed by atoms with Crippen molar-refractivity contribution in [1.29, 1.82) is 0 Å². The van der Waals surface area contributed by atoms with Gasteiger partial charge in [-0.1, -0.05) is 30.3 Å². The third-order valence-corrected chi connectivity index (χ3v) is 4.12. The largest absolute Gasteiger partial charge is 2.00 e. The van der Waals surface area contributed by atoms with E-state index in [1.807, 2.05) is 54.6 Å². The second kappa shape index (κ2) is 12.8. The van der Waals surface area contributed by atoms with Gasteiger partial charge >= 0.3 is 17.1 Å². The Labute approximate surface area is 192 Å². The summed E-state index contributed by atoms with van der Waals surface area (Å²) in [6.45, 7) is 0. The summed E-state index contributed by atoms with van der Waals surface area (Å²) in [6.07, 6.45) is 0. The van der Waals surface area contributed by atoms with Crippen LogP contribution in [0.25, 0.3) is 0 Å². The molecule has 0 spiro atoms. The second-order valence-electron chi connectivity index (χ2n) is 5.30. The van der Waals surface area contributed by atoms with Gasteiger partial charge in [-0.3, -0.25) is 0 Å². The fraction of sp³-hybridized carbons (Fsp3) is 0.158. The molecule has 0 saturated heterocycles. The summed E-state index contributed by atoms with van der Waals surface area (Å²) in [6, 6.07) is 16.9. The van der Waals surface area contributed by atoms with Crippen molar-refractivity contribution in [2.75, 3.05) is 21.2 Å². The zero-order chi connectivity index (χ0) is 20.4. The minimum atomic E-state index is 0. The molecule has 0 aliphatic rings. The number of hydrogen-bond acceptors (Lipinski definition) is 7. The van der Waals surface area contributed by atoms with Gasteiger partial charge < -0.3 is 40.6 Å². The monoisotopic (exact) mass is 475 g/mol. The predicted molar refractivity (Wildman–Crippen MR) is 120 cm³/mol. The first kappa shape index (κ1) is 24.5. The van der Waals surface area contributed by atoms with Gasteiger partial charge in [0.25, 0.3) is 0 Å². The van der Waals surface area contributed by atoms with E-state index in [4.69, 9.17) is 30.0 Å². The van der Waals surface area contributed by atoms with Crippen molar-refractivity contribution in [3.63, 3.8) is 0 Å². The molecule has 10 heteroatoms. The molecular weight excluding hydrogens is 456 g/mol. The molecule has 0 unspecified atom stereocenters. The zero-order valence-electron chi connectivity index (χ0n) is 16.0. The van der Waals surface area contributed by atoms with E-state index in [9.17, 15) is 0 Å². The SMILES string of the molecule is CNC([S-])=NN=C(C(=NN=C([S-])NC)c1ccc(OC)cc1)c1ccccc1.[Cu+2]. The molecule has 155 valence electrons. The van der Waals surface area contributed by atoms with Crippen molar-refractivity contribution >= 4 is 47.0 Å². The Bertz CT molecular complexity index is 899. The van der Waals surface area contributed by atoms with Crippen LogP contribution in [0, 0.1) is 0 Å². The Kier molecular flexibility index (Phi) is 10.9. The first-order valence-electron chi connectivity index (χ1n) is 8.30. The maximum atomic E-state index is 5.23. The number of amidine groups is 2. The molecule has 0 fully saturated rings. The number of nitrogens with zero attached hydrogens (tertiary/aromatic N) is 4. The predicted octanol–water partition coefficient (Wildman–Crippen LogP) is 2.05. The van der Waals surface area contributed by atoms with Crippen LogP contribution in [0.15, 0.2) is 75.0 Å². The standard InChI is InChI=1S/C19H22N6OS2.Cu/c1-20-18(27)24-22-16(13-7-5-4-6-8-13)17(23-25-19(28)21-2)14-9-11-15(26-3)12-10-14;/h4-12H,1-3H3,(H2,20,24,27)(H2,21,25,28);/q;+2/p-2. The molecule has 2 N–H and O–H groups in total. The Morgan fingerprint density at radius 2 is 1.17 bits per heavy atom. The molecule has 0 aliphatic carbocycles. The van der Waals surface area contributed by atoms with E-state index in [-0.39, 0.29) is 27.4 Å². The molecule has 0 atom stereocenters. The summed E-state index contributed by atoms with van der Waals surface area (Å²) in [4.78, 5) is 0. The molecule has 0 amide bonds. The molecule has 1 radical (unpaired) electrons. The van der Waals surface area contributed by atoms with Crippen LogP contribution in [0.5, 0.6) is 5.75 Å². The number of benzene rings is 2. The van der Waals surface area contributed by atoms with Crippen molar-refractivity contribution < 1.29 is 21.8 Å². The van der Waals surface area contributed by atoms with E-state index in [1.54, 1.807) is 21.2 Å². The fourth-order valence-electron chi connectivity index (χ4n) is 2.12. The van der Waals surface area contributed by atoms with Gasteiger partial charge in [0.1, 0.15) is 17.2 Å². The average molecular weight is 476 g/mol. The molecule has 2 aromatic carbocycles. The quantitative estimate of drug-likeness (QED) is 0.220. The first-order chi connectivity index (χ1) is 13.6. The maximum absolute atomic E-state index is 5.23. The van der Waals surface area contributed by atoms with Crippen molar-refractivity contribution in [2.24, 2.45) is 20.4 Å². The summed E-state index contributed by atoms with van der Waals surface area (Å²) in [7, 11) is 4.98. The van der Waals surface area contributed by atoms with Gasteiger partial charge in [-0.2, -0.15) is 10.2 Å². The summed E-state index contributed by atoms with van der Waals surface area (Å²) in [5, 5.41) is 22.9. The smallest absolute Gasteiger partial charge is 0.741 e. The summed E-state index contributed by atoms with van der Waals surface area (Å²) in [5.41, 5.74) is 2.59. The molecular formula is C19H20CuN6OS2. The van der Waals surface area contributed by atoms with Crippen molar-refractivity contribution in [3.8, 4) is 5.75 Å². The fourth-order valence-corrected chi connectivity index (χ4v) is 2.20. The van der Waals surface area contributed by atoms with Crippen LogP contribution in [0.1, 0.15) is 11.1 Å². The van der Waals surface area contributed by atoms with Gasteiger partial charge in [-0.05, 0) is 34.6 Å². The molecule has 7 nitrogen and oxygen atoms in total. The Hall–Kier alpha value is -2.52. The number of hydrogen-bond donors (Lipinski definition) is 2. The van der Waals surface area contributed by atoms with Gasteiger partial charge in [0, 0.05) is 25.2 Å². The number of rotatable bonds is 6.